The van der Waals surface area contributed by atoms with Gasteiger partial charge < -0.3 is 24.1 Å². The number of β-amino-alcohol motifs (C(OH)–C–C–N with tert-alkyl or cyclic N) is 1. The molecule has 1 saturated heterocycles. The Kier molecular flexibility index (Phi) is 35.7. The first kappa shape index (κ1) is 54.8. The molecule has 1 heterocycles. The Bertz CT molecular complexity index is 1260. The predicted molar refractivity (Wildman–Crippen MR) is 258 cm³/mol. The highest BCUT2D eigenvalue weighted by Crippen LogP contribution is 2.26. The summed E-state index contributed by atoms with van der Waals surface area (Å²) in [5, 5.41) is 9.76. The standard InChI is InChI=1S/C54H89NO7/c1-3-5-7-9-11-13-15-17-19-21-23-25-27-29-31-37-53(57)61-41-35-33-39-59-51-43-49(46-55-47-50(56)48-55)44-52(45-51)60-40-34-36-42-62-54(58)38-32-30-28-26-24-22-20-18-16-14-12-10-8-6-4-2/h11-14,17-20,43-45,50,56H,3-10,15-16,21-42,46-48H2,1-2H3/b13-11-,14-12-,19-17-,20-18-. The normalized spacial score (nSPS) is 13.5. The number of esters is 2. The van der Waals surface area contributed by atoms with Gasteiger partial charge in [-0.25, -0.2) is 0 Å². The minimum Gasteiger partial charge on any atom is -0.493 e. The van der Waals surface area contributed by atoms with E-state index in [1.165, 1.54) is 89.9 Å². The van der Waals surface area contributed by atoms with Gasteiger partial charge in [-0.1, -0.05) is 127 Å². The van der Waals surface area contributed by atoms with Crippen LogP contribution in [0.4, 0.5) is 0 Å². The SMILES string of the molecule is CCCCC/C=C\C/C=C\CCCCCCCC(=O)OCCCCOc1cc(CN2CC(O)C2)cc(OCCCCOC(=O)CCCCCCC/C=C\C/C=C\CCCCC)c1. The van der Waals surface area contributed by atoms with Gasteiger partial charge in [0.25, 0.3) is 0 Å². The van der Waals surface area contributed by atoms with Gasteiger partial charge in [-0.3, -0.25) is 14.5 Å². The number of unbranched alkanes of at least 4 members (excludes halogenated alkanes) is 18. The number of rotatable bonds is 42. The van der Waals surface area contributed by atoms with E-state index < -0.39 is 0 Å². The number of aliphatic hydroxyl groups is 1. The first-order valence-electron chi connectivity index (χ1n) is 25.2. The number of hydrogen-bond acceptors (Lipinski definition) is 8. The molecule has 0 aliphatic carbocycles. The Hall–Kier alpha value is -3.36. The summed E-state index contributed by atoms with van der Waals surface area (Å²) in [6, 6.07) is 6.00. The summed E-state index contributed by atoms with van der Waals surface area (Å²) in [4.78, 5) is 26.6. The molecule has 1 N–H and O–H groups in total. The van der Waals surface area contributed by atoms with Crippen molar-refractivity contribution in [3.05, 3.63) is 72.4 Å². The monoisotopic (exact) mass is 864 g/mol. The fourth-order valence-electron chi connectivity index (χ4n) is 7.28. The van der Waals surface area contributed by atoms with Gasteiger partial charge in [0.05, 0.1) is 32.5 Å². The number of allylic oxidation sites excluding steroid dienone is 8. The maximum atomic E-state index is 12.2. The van der Waals surface area contributed by atoms with Crippen LogP contribution in [-0.4, -0.2) is 67.6 Å². The Morgan fingerprint density at radius 2 is 0.903 bits per heavy atom. The topological polar surface area (TPSA) is 94.5 Å². The van der Waals surface area contributed by atoms with E-state index in [0.29, 0.717) is 52.4 Å². The summed E-state index contributed by atoms with van der Waals surface area (Å²) in [5.41, 5.74) is 1.08. The highest BCUT2D eigenvalue weighted by molar-refractivity contribution is 5.69. The van der Waals surface area contributed by atoms with Crippen molar-refractivity contribution in [2.24, 2.45) is 0 Å². The molecule has 1 aliphatic rings. The number of carbonyl (C=O) groups excluding carboxylic acids is 2. The number of nitrogens with zero attached hydrogens (tertiary/aromatic N) is 1. The first-order chi connectivity index (χ1) is 30.5. The van der Waals surface area contributed by atoms with Crippen LogP contribution in [-0.2, 0) is 25.6 Å². The van der Waals surface area contributed by atoms with Crippen molar-refractivity contribution in [3.8, 4) is 11.5 Å². The summed E-state index contributed by atoms with van der Waals surface area (Å²) < 4.78 is 23.2. The smallest absolute Gasteiger partial charge is 0.305 e. The van der Waals surface area contributed by atoms with Crippen molar-refractivity contribution in [2.45, 2.75) is 206 Å². The van der Waals surface area contributed by atoms with Gasteiger partial charge in [-0.2, -0.15) is 0 Å². The molecular weight excluding hydrogens is 775 g/mol. The molecule has 0 aromatic heterocycles. The zero-order chi connectivity index (χ0) is 44.4. The highest BCUT2D eigenvalue weighted by atomic mass is 16.5. The van der Waals surface area contributed by atoms with E-state index in [0.717, 1.165) is 101 Å². The molecule has 2 rings (SSSR count). The second kappa shape index (κ2) is 40.4. The van der Waals surface area contributed by atoms with E-state index in [4.69, 9.17) is 18.9 Å². The van der Waals surface area contributed by atoms with Crippen LogP contribution in [0.2, 0.25) is 0 Å². The molecule has 1 aromatic carbocycles. The Morgan fingerprint density at radius 1 is 0.516 bits per heavy atom. The molecule has 62 heavy (non-hydrogen) atoms. The Labute approximate surface area is 379 Å². The first-order valence-corrected chi connectivity index (χ1v) is 25.2. The predicted octanol–water partition coefficient (Wildman–Crippen LogP) is 13.9. The van der Waals surface area contributed by atoms with E-state index in [2.05, 4.69) is 67.4 Å². The largest absolute Gasteiger partial charge is 0.493 e. The molecule has 0 saturated carbocycles. The quantitative estimate of drug-likeness (QED) is 0.0394. The Morgan fingerprint density at radius 3 is 1.32 bits per heavy atom. The molecule has 0 unspecified atom stereocenters. The number of aliphatic hydroxyl groups excluding tert-OH is 1. The third-order valence-electron chi connectivity index (χ3n) is 11.1. The van der Waals surface area contributed by atoms with Gasteiger partial charge in [0.2, 0.25) is 0 Å². The second-order valence-corrected chi connectivity index (χ2v) is 17.2. The lowest BCUT2D eigenvalue weighted by Gasteiger charge is -2.35. The van der Waals surface area contributed by atoms with E-state index in [9.17, 15) is 14.7 Å². The lowest BCUT2D eigenvalue weighted by molar-refractivity contribution is -0.144. The van der Waals surface area contributed by atoms with Crippen molar-refractivity contribution in [3.63, 3.8) is 0 Å². The number of hydrogen-bond donors (Lipinski definition) is 1. The third kappa shape index (κ3) is 33.2. The molecule has 1 fully saturated rings. The van der Waals surface area contributed by atoms with Crippen molar-refractivity contribution >= 4 is 11.9 Å². The Balaban J connectivity index is 1.50. The molecule has 0 spiro atoms. The molecule has 1 aromatic rings. The molecule has 1 aliphatic heterocycles. The van der Waals surface area contributed by atoms with E-state index >= 15 is 0 Å². The number of benzene rings is 1. The van der Waals surface area contributed by atoms with Crippen LogP contribution >= 0.6 is 0 Å². The van der Waals surface area contributed by atoms with Crippen molar-refractivity contribution in [1.29, 1.82) is 0 Å². The second-order valence-electron chi connectivity index (χ2n) is 17.2. The van der Waals surface area contributed by atoms with Crippen LogP contribution in [0, 0.1) is 0 Å². The summed E-state index contributed by atoms with van der Waals surface area (Å²) in [6.07, 6.45) is 47.8. The van der Waals surface area contributed by atoms with Crippen LogP contribution in [0.1, 0.15) is 199 Å². The van der Waals surface area contributed by atoms with Crippen molar-refractivity contribution in [2.75, 3.05) is 39.5 Å². The lowest BCUT2D eigenvalue weighted by atomic mass is 10.1. The molecule has 8 nitrogen and oxygen atoms in total. The molecule has 0 amide bonds. The molecular formula is C54H89NO7. The van der Waals surface area contributed by atoms with Crippen molar-refractivity contribution in [1.82, 2.24) is 4.90 Å². The van der Waals surface area contributed by atoms with Gasteiger partial charge in [0, 0.05) is 38.5 Å². The maximum Gasteiger partial charge on any atom is 0.305 e. The minimum absolute atomic E-state index is 0.104. The zero-order valence-corrected chi connectivity index (χ0v) is 39.5. The average molecular weight is 864 g/mol. The van der Waals surface area contributed by atoms with Crippen molar-refractivity contribution < 1.29 is 33.6 Å². The molecule has 0 radical (unpaired) electrons. The summed E-state index contributed by atoms with van der Waals surface area (Å²) >= 11 is 0. The van der Waals surface area contributed by atoms with Crippen LogP contribution in [0.15, 0.2) is 66.8 Å². The van der Waals surface area contributed by atoms with E-state index in [-0.39, 0.29) is 18.0 Å². The highest BCUT2D eigenvalue weighted by Gasteiger charge is 2.24. The van der Waals surface area contributed by atoms with Gasteiger partial charge in [0.15, 0.2) is 0 Å². The maximum absolute atomic E-state index is 12.2. The minimum atomic E-state index is -0.256. The van der Waals surface area contributed by atoms with Crippen LogP contribution in [0.5, 0.6) is 11.5 Å². The molecule has 352 valence electrons. The number of ether oxygens (including phenoxy) is 4. The fraction of sp³-hybridized carbons (Fsp3) is 0.704. The third-order valence-corrected chi connectivity index (χ3v) is 11.1. The molecule has 8 heteroatoms. The fourth-order valence-corrected chi connectivity index (χ4v) is 7.28. The summed E-state index contributed by atoms with van der Waals surface area (Å²) in [5.74, 6) is 1.29. The number of likely N-dealkylation sites (tertiary alicyclic amines) is 1. The molecule has 0 bridgehead atoms. The van der Waals surface area contributed by atoms with Gasteiger partial charge in [-0.15, -0.1) is 0 Å². The van der Waals surface area contributed by atoms with E-state index in [1.807, 2.05) is 18.2 Å². The molecule has 0 atom stereocenters. The van der Waals surface area contributed by atoms with Crippen LogP contribution < -0.4 is 9.47 Å². The zero-order valence-electron chi connectivity index (χ0n) is 39.5. The van der Waals surface area contributed by atoms with Crippen LogP contribution in [0.3, 0.4) is 0 Å². The van der Waals surface area contributed by atoms with E-state index in [1.54, 1.807) is 0 Å². The van der Waals surface area contributed by atoms with Gasteiger partial charge in [-0.05, 0) is 120 Å². The van der Waals surface area contributed by atoms with Gasteiger partial charge >= 0.3 is 11.9 Å². The summed E-state index contributed by atoms with van der Waals surface area (Å²) in [7, 11) is 0. The lowest BCUT2D eigenvalue weighted by Crippen LogP contribution is -2.49. The number of carbonyl (C=O) groups is 2. The average Bonchev–Trinajstić information content (AvgIpc) is 3.25. The van der Waals surface area contributed by atoms with Crippen LogP contribution in [0.25, 0.3) is 0 Å². The van der Waals surface area contributed by atoms with Gasteiger partial charge in [0.1, 0.15) is 11.5 Å². The summed E-state index contributed by atoms with van der Waals surface area (Å²) in [6.45, 7) is 8.42.